The monoisotopic (exact) mass is 430 g/mol. The molecule has 4 aromatic rings. The van der Waals surface area contributed by atoms with Gasteiger partial charge in [0.05, 0.1) is 5.56 Å². The van der Waals surface area contributed by atoms with E-state index < -0.39 is 18.3 Å². The van der Waals surface area contributed by atoms with E-state index in [4.69, 9.17) is 4.74 Å². The average Bonchev–Trinajstić information content (AvgIpc) is 3.21. The summed E-state index contributed by atoms with van der Waals surface area (Å²) in [6.07, 6.45) is 2.03. The van der Waals surface area contributed by atoms with Crippen molar-refractivity contribution in [3.05, 3.63) is 106 Å². The van der Waals surface area contributed by atoms with Crippen LogP contribution < -0.4 is 11.0 Å². The quantitative estimate of drug-likeness (QED) is 0.418. The van der Waals surface area contributed by atoms with Crippen molar-refractivity contribution in [1.29, 1.82) is 0 Å². The van der Waals surface area contributed by atoms with Gasteiger partial charge in [-0.15, -0.1) is 0 Å². The smallest absolute Gasteiger partial charge is 0.347 e. The number of nitrogens with one attached hydrogen (secondary N) is 2. The molecule has 0 atom stereocenters. The minimum atomic E-state index is -0.693. The van der Waals surface area contributed by atoms with Crippen LogP contribution in [0.5, 0.6) is 0 Å². The molecule has 2 N–H and O–H groups in total. The molecule has 4 rings (SSSR count). The van der Waals surface area contributed by atoms with Crippen LogP contribution in [0.4, 0.5) is 0 Å². The van der Waals surface area contributed by atoms with Gasteiger partial charge in [0.15, 0.2) is 12.3 Å². The van der Waals surface area contributed by atoms with E-state index in [1.807, 2.05) is 36.4 Å². The summed E-state index contributed by atoms with van der Waals surface area (Å²) in [5.74, 6) is -0.943. The molecule has 2 aromatic carbocycles. The van der Waals surface area contributed by atoms with E-state index in [9.17, 15) is 14.4 Å². The summed E-state index contributed by atoms with van der Waals surface area (Å²) in [4.78, 5) is 36.1. The first-order valence-corrected chi connectivity index (χ1v) is 10.2. The molecule has 8 heteroatoms. The molecule has 162 valence electrons. The summed E-state index contributed by atoms with van der Waals surface area (Å²) in [6, 6.07) is 23.2. The molecule has 2 heterocycles. The molecule has 2 aromatic heterocycles. The number of nitrogens with zero attached hydrogens (tertiary/aromatic N) is 2. The summed E-state index contributed by atoms with van der Waals surface area (Å²) in [6.45, 7) is 0.0275. The number of aromatic amines is 1. The maximum atomic E-state index is 12.2. The molecule has 0 saturated heterocycles. The number of fused-ring (bicyclic) bond motifs is 1. The molecule has 0 aliphatic rings. The molecule has 0 unspecified atom stereocenters. The Hall–Kier alpha value is -4.20. The number of benzene rings is 2. The minimum absolute atomic E-state index is 0.139. The van der Waals surface area contributed by atoms with Gasteiger partial charge in [0.25, 0.3) is 5.91 Å². The standard InChI is InChI=1S/C24H22N4O4/c29-22(16-32-23(30)19-11-12-21-26-27-24(31)28(21)15-19)25-14-13-20(17-7-3-1-4-8-17)18-9-5-2-6-10-18/h1-12,15,20H,13-14,16H2,(H,25,29)(H,27,31). The first-order chi connectivity index (χ1) is 15.6. The van der Waals surface area contributed by atoms with Gasteiger partial charge in [-0.3, -0.25) is 4.79 Å². The Kier molecular flexibility index (Phi) is 6.41. The molecule has 0 fully saturated rings. The molecular weight excluding hydrogens is 408 g/mol. The molecule has 0 aliphatic heterocycles. The van der Waals surface area contributed by atoms with Crippen molar-refractivity contribution < 1.29 is 14.3 Å². The molecule has 0 saturated carbocycles. The first kappa shape index (κ1) is 21.0. The third-order valence-corrected chi connectivity index (χ3v) is 5.14. The van der Waals surface area contributed by atoms with Crippen molar-refractivity contribution in [3.8, 4) is 0 Å². The molecule has 8 nitrogen and oxygen atoms in total. The Labute approximate surface area is 183 Å². The molecular formula is C24H22N4O4. The lowest BCUT2D eigenvalue weighted by molar-refractivity contribution is -0.124. The number of hydrogen-bond donors (Lipinski definition) is 2. The third kappa shape index (κ3) is 4.92. The van der Waals surface area contributed by atoms with Crippen molar-refractivity contribution in [2.45, 2.75) is 12.3 Å². The molecule has 1 amide bonds. The van der Waals surface area contributed by atoms with Crippen LogP contribution in [0, 0.1) is 0 Å². The van der Waals surface area contributed by atoms with Gasteiger partial charge >= 0.3 is 11.7 Å². The van der Waals surface area contributed by atoms with Crippen LogP contribution >= 0.6 is 0 Å². The maximum Gasteiger partial charge on any atom is 0.347 e. The fourth-order valence-corrected chi connectivity index (χ4v) is 3.54. The van der Waals surface area contributed by atoms with Crippen molar-refractivity contribution in [2.24, 2.45) is 0 Å². The van der Waals surface area contributed by atoms with Crippen LogP contribution in [0.3, 0.4) is 0 Å². The molecule has 0 bridgehead atoms. The number of hydrogen-bond acceptors (Lipinski definition) is 5. The van der Waals surface area contributed by atoms with E-state index in [-0.39, 0.29) is 17.4 Å². The van der Waals surface area contributed by atoms with Crippen LogP contribution in [0.2, 0.25) is 0 Å². The van der Waals surface area contributed by atoms with Crippen LogP contribution in [0.1, 0.15) is 33.8 Å². The zero-order chi connectivity index (χ0) is 22.3. The highest BCUT2D eigenvalue weighted by molar-refractivity contribution is 5.91. The van der Waals surface area contributed by atoms with Crippen molar-refractivity contribution in [1.82, 2.24) is 19.9 Å². The lowest BCUT2D eigenvalue weighted by Gasteiger charge is -2.18. The highest BCUT2D eigenvalue weighted by atomic mass is 16.5. The number of H-pyrrole nitrogens is 1. The summed E-state index contributed by atoms with van der Waals surface area (Å²) in [5, 5.41) is 8.89. The van der Waals surface area contributed by atoms with Gasteiger partial charge in [-0.25, -0.2) is 19.1 Å². The Morgan fingerprint density at radius 2 is 1.62 bits per heavy atom. The lowest BCUT2D eigenvalue weighted by atomic mass is 9.88. The van der Waals surface area contributed by atoms with Crippen LogP contribution in [0.25, 0.3) is 5.65 Å². The number of aromatic nitrogens is 3. The summed E-state index contributed by atoms with van der Waals surface area (Å²) in [7, 11) is 0. The number of carbonyl (C=O) groups is 2. The SMILES string of the molecule is O=C(COC(=O)c1ccc2n[nH]c(=O)n2c1)NCCC(c1ccccc1)c1ccccc1. The van der Waals surface area contributed by atoms with Crippen LogP contribution in [-0.4, -0.2) is 39.6 Å². The zero-order valence-corrected chi connectivity index (χ0v) is 17.2. The molecule has 0 spiro atoms. The summed E-state index contributed by atoms with van der Waals surface area (Å²) < 4.78 is 6.28. The van der Waals surface area contributed by atoms with E-state index in [0.29, 0.717) is 18.6 Å². The number of pyridine rings is 1. The van der Waals surface area contributed by atoms with Gasteiger partial charge in [0.1, 0.15) is 0 Å². The van der Waals surface area contributed by atoms with Crippen LogP contribution in [0.15, 0.2) is 83.8 Å². The Balaban J connectivity index is 1.31. The minimum Gasteiger partial charge on any atom is -0.452 e. The topological polar surface area (TPSA) is 106 Å². The van der Waals surface area contributed by atoms with Gasteiger partial charge in [-0.05, 0) is 29.7 Å². The normalized spacial score (nSPS) is 10.9. The van der Waals surface area contributed by atoms with Crippen molar-refractivity contribution in [3.63, 3.8) is 0 Å². The summed E-state index contributed by atoms with van der Waals surface area (Å²) >= 11 is 0. The van der Waals surface area contributed by atoms with E-state index in [0.717, 1.165) is 0 Å². The fourth-order valence-electron chi connectivity index (χ4n) is 3.54. The van der Waals surface area contributed by atoms with E-state index in [2.05, 4.69) is 39.8 Å². The average molecular weight is 430 g/mol. The van der Waals surface area contributed by atoms with Crippen molar-refractivity contribution in [2.75, 3.05) is 13.2 Å². The van der Waals surface area contributed by atoms with Gasteiger partial charge in [0.2, 0.25) is 0 Å². The molecule has 32 heavy (non-hydrogen) atoms. The molecule has 0 aliphatic carbocycles. The molecule has 0 radical (unpaired) electrons. The number of amides is 1. The van der Waals surface area contributed by atoms with Crippen molar-refractivity contribution >= 4 is 17.5 Å². The fraction of sp³-hybridized carbons (Fsp3) is 0.167. The van der Waals surface area contributed by atoms with Gasteiger partial charge in [0, 0.05) is 18.7 Å². The second-order valence-electron chi connectivity index (χ2n) is 7.26. The van der Waals surface area contributed by atoms with E-state index in [1.165, 1.54) is 33.9 Å². The Bertz CT molecular complexity index is 1230. The maximum absolute atomic E-state index is 12.2. The van der Waals surface area contributed by atoms with E-state index in [1.54, 1.807) is 0 Å². The number of esters is 1. The summed E-state index contributed by atoms with van der Waals surface area (Å²) in [5.41, 5.74) is 2.42. The largest absolute Gasteiger partial charge is 0.452 e. The predicted octanol–water partition coefficient (Wildman–Crippen LogP) is 2.52. The van der Waals surface area contributed by atoms with Gasteiger partial charge in [-0.2, -0.15) is 5.10 Å². The van der Waals surface area contributed by atoms with Gasteiger partial charge in [-0.1, -0.05) is 60.7 Å². The second kappa shape index (κ2) is 9.74. The Morgan fingerprint density at radius 3 is 2.28 bits per heavy atom. The Morgan fingerprint density at radius 1 is 0.969 bits per heavy atom. The first-order valence-electron chi connectivity index (χ1n) is 10.2. The third-order valence-electron chi connectivity index (χ3n) is 5.14. The number of ether oxygens (including phenoxy) is 1. The number of rotatable bonds is 8. The highest BCUT2D eigenvalue weighted by Crippen LogP contribution is 2.27. The van der Waals surface area contributed by atoms with Gasteiger partial charge < -0.3 is 10.1 Å². The lowest BCUT2D eigenvalue weighted by Crippen LogP contribution is -2.30. The number of carbonyl (C=O) groups excluding carboxylic acids is 2. The highest BCUT2D eigenvalue weighted by Gasteiger charge is 2.15. The van der Waals surface area contributed by atoms with Crippen LogP contribution in [-0.2, 0) is 9.53 Å². The second-order valence-corrected chi connectivity index (χ2v) is 7.26. The van der Waals surface area contributed by atoms with E-state index >= 15 is 0 Å². The predicted molar refractivity (Wildman–Crippen MR) is 118 cm³/mol. The zero-order valence-electron chi connectivity index (χ0n) is 17.2.